The van der Waals surface area contributed by atoms with E-state index in [0.717, 1.165) is 24.8 Å². The Morgan fingerprint density at radius 3 is 3.29 bits per heavy atom. The van der Waals surface area contributed by atoms with Crippen LogP contribution in [0.3, 0.4) is 0 Å². The van der Waals surface area contributed by atoms with E-state index < -0.39 is 0 Å². The molecule has 1 aromatic heterocycles. The van der Waals surface area contributed by atoms with Gasteiger partial charge in [0.15, 0.2) is 0 Å². The molecule has 2 heteroatoms. The van der Waals surface area contributed by atoms with Gasteiger partial charge >= 0.3 is 0 Å². The summed E-state index contributed by atoms with van der Waals surface area (Å²) in [5, 5.41) is 3.73. The van der Waals surface area contributed by atoms with Crippen molar-refractivity contribution in [2.24, 2.45) is 11.8 Å². The molecule has 0 bridgehead atoms. The lowest BCUT2D eigenvalue weighted by Crippen LogP contribution is -2.47. The molecular formula is C12H15NO. The lowest BCUT2D eigenvalue weighted by Gasteiger charge is -2.35. The van der Waals surface area contributed by atoms with Crippen molar-refractivity contribution >= 4 is 0 Å². The largest absolute Gasteiger partial charge is 0.467 e. The Labute approximate surface area is 83.7 Å². The van der Waals surface area contributed by atoms with Crippen LogP contribution in [0.2, 0.25) is 0 Å². The summed E-state index contributed by atoms with van der Waals surface area (Å²) in [6.45, 7) is 1.13. The van der Waals surface area contributed by atoms with E-state index in [-0.39, 0.29) is 5.54 Å². The van der Waals surface area contributed by atoms with Crippen LogP contribution in [0, 0.1) is 11.8 Å². The van der Waals surface area contributed by atoms with Crippen LogP contribution in [0.15, 0.2) is 16.7 Å². The van der Waals surface area contributed by atoms with Gasteiger partial charge in [0.1, 0.15) is 5.76 Å². The van der Waals surface area contributed by atoms with Gasteiger partial charge in [-0.1, -0.05) is 0 Å². The summed E-state index contributed by atoms with van der Waals surface area (Å²) >= 11 is 0. The molecule has 1 spiro atoms. The number of rotatable bonds is 0. The molecule has 0 saturated heterocycles. The summed E-state index contributed by atoms with van der Waals surface area (Å²) in [6.07, 6.45) is 7.13. The lowest BCUT2D eigenvalue weighted by atomic mass is 9.84. The van der Waals surface area contributed by atoms with Crippen LogP contribution in [-0.4, -0.2) is 6.54 Å². The highest BCUT2D eigenvalue weighted by atomic mass is 16.3. The number of hydrogen-bond donors (Lipinski definition) is 1. The summed E-state index contributed by atoms with van der Waals surface area (Å²) in [5.74, 6) is 3.15. The first-order valence-electron chi connectivity index (χ1n) is 5.72. The van der Waals surface area contributed by atoms with Crippen molar-refractivity contribution in [2.45, 2.75) is 31.2 Å². The van der Waals surface area contributed by atoms with Gasteiger partial charge < -0.3 is 9.73 Å². The number of fused-ring (bicyclic) bond motifs is 4. The van der Waals surface area contributed by atoms with E-state index in [1.165, 1.54) is 30.6 Å². The molecular weight excluding hydrogens is 174 g/mol. The van der Waals surface area contributed by atoms with Crippen LogP contribution in [0.25, 0.3) is 0 Å². The SMILES string of the molecule is c1cc2c(o1)C1(CCC3CC31)NCC2. The fourth-order valence-corrected chi connectivity index (χ4v) is 3.69. The molecule has 2 saturated carbocycles. The second-order valence-electron chi connectivity index (χ2n) is 5.06. The van der Waals surface area contributed by atoms with E-state index in [0.29, 0.717) is 0 Å². The molecule has 14 heavy (non-hydrogen) atoms. The summed E-state index contributed by atoms with van der Waals surface area (Å²) in [6, 6.07) is 2.16. The molecule has 1 aromatic rings. The van der Waals surface area contributed by atoms with Crippen LogP contribution in [-0.2, 0) is 12.0 Å². The standard InChI is InChI=1S/C12H15NO/c1-4-12(10-7-9(1)10)11-8(2-5-13-12)3-6-14-11/h3,6,9-10,13H,1-2,4-5,7H2. The molecule has 3 unspecified atom stereocenters. The maximum absolute atomic E-state index is 5.73. The first kappa shape index (κ1) is 7.52. The Kier molecular flexibility index (Phi) is 1.21. The highest BCUT2D eigenvalue weighted by molar-refractivity contribution is 5.33. The Morgan fingerprint density at radius 2 is 2.50 bits per heavy atom. The highest BCUT2D eigenvalue weighted by Gasteiger charge is 2.61. The third-order valence-corrected chi connectivity index (χ3v) is 4.45. The summed E-state index contributed by atoms with van der Waals surface area (Å²) < 4.78 is 5.73. The lowest BCUT2D eigenvalue weighted by molar-refractivity contribution is 0.227. The second kappa shape index (κ2) is 2.25. The van der Waals surface area contributed by atoms with Crippen LogP contribution < -0.4 is 5.32 Å². The maximum atomic E-state index is 5.73. The van der Waals surface area contributed by atoms with Crippen LogP contribution in [0.5, 0.6) is 0 Å². The molecule has 74 valence electrons. The van der Waals surface area contributed by atoms with Gasteiger partial charge in [0.2, 0.25) is 0 Å². The van der Waals surface area contributed by atoms with Crippen molar-refractivity contribution in [3.05, 3.63) is 23.7 Å². The van der Waals surface area contributed by atoms with Gasteiger partial charge in [-0.15, -0.1) is 0 Å². The fraction of sp³-hybridized carbons (Fsp3) is 0.667. The third kappa shape index (κ3) is 0.728. The first-order valence-corrected chi connectivity index (χ1v) is 5.72. The summed E-state index contributed by atoms with van der Waals surface area (Å²) in [7, 11) is 0. The molecule has 1 N–H and O–H groups in total. The molecule has 2 aliphatic carbocycles. The molecule has 1 aliphatic heterocycles. The Bertz CT molecular complexity index is 383. The van der Waals surface area contributed by atoms with E-state index in [9.17, 15) is 0 Å². The summed E-state index contributed by atoms with van der Waals surface area (Å²) in [5.41, 5.74) is 1.71. The van der Waals surface area contributed by atoms with Crippen LogP contribution in [0.4, 0.5) is 0 Å². The molecule has 0 radical (unpaired) electrons. The zero-order valence-electron chi connectivity index (χ0n) is 8.25. The van der Waals surface area contributed by atoms with Crippen LogP contribution >= 0.6 is 0 Å². The molecule has 2 heterocycles. The normalized spacial score (nSPS) is 43.7. The first-order chi connectivity index (χ1) is 6.90. The van der Waals surface area contributed by atoms with Crippen LogP contribution in [0.1, 0.15) is 30.6 Å². The van der Waals surface area contributed by atoms with Crippen molar-refractivity contribution < 1.29 is 4.42 Å². The molecule has 3 atom stereocenters. The molecule has 0 aromatic carbocycles. The van der Waals surface area contributed by atoms with Gasteiger partial charge in [-0.25, -0.2) is 0 Å². The van der Waals surface area contributed by atoms with Crippen molar-refractivity contribution in [2.75, 3.05) is 6.54 Å². The highest BCUT2D eigenvalue weighted by Crippen LogP contribution is 2.62. The van der Waals surface area contributed by atoms with Crippen molar-refractivity contribution in [3.8, 4) is 0 Å². The van der Waals surface area contributed by atoms with Gasteiger partial charge in [-0.05, 0) is 49.1 Å². The number of hydrogen-bond acceptors (Lipinski definition) is 2. The minimum atomic E-state index is 0.252. The predicted octanol–water partition coefficient (Wildman–Crippen LogP) is 2.05. The smallest absolute Gasteiger partial charge is 0.127 e. The molecule has 4 rings (SSSR count). The molecule has 3 aliphatic rings. The van der Waals surface area contributed by atoms with E-state index in [2.05, 4.69) is 11.4 Å². The van der Waals surface area contributed by atoms with Gasteiger partial charge in [0.25, 0.3) is 0 Å². The Balaban J connectivity index is 1.88. The minimum Gasteiger partial charge on any atom is -0.467 e. The van der Waals surface area contributed by atoms with E-state index >= 15 is 0 Å². The molecule has 2 nitrogen and oxygen atoms in total. The zero-order valence-corrected chi connectivity index (χ0v) is 8.25. The average molecular weight is 189 g/mol. The van der Waals surface area contributed by atoms with E-state index in [1.54, 1.807) is 0 Å². The van der Waals surface area contributed by atoms with Gasteiger partial charge in [-0.2, -0.15) is 0 Å². The maximum Gasteiger partial charge on any atom is 0.127 e. The number of furan rings is 1. The zero-order chi connectivity index (χ0) is 9.17. The van der Waals surface area contributed by atoms with E-state index in [4.69, 9.17) is 4.42 Å². The Morgan fingerprint density at radius 1 is 1.50 bits per heavy atom. The topological polar surface area (TPSA) is 25.2 Å². The van der Waals surface area contributed by atoms with E-state index in [1.807, 2.05) is 6.26 Å². The van der Waals surface area contributed by atoms with Gasteiger partial charge in [0.05, 0.1) is 11.8 Å². The summed E-state index contributed by atoms with van der Waals surface area (Å²) in [4.78, 5) is 0. The molecule has 0 amide bonds. The van der Waals surface area contributed by atoms with Gasteiger partial charge in [-0.3, -0.25) is 0 Å². The fourth-order valence-electron chi connectivity index (χ4n) is 3.69. The third-order valence-electron chi connectivity index (χ3n) is 4.45. The second-order valence-corrected chi connectivity index (χ2v) is 5.06. The quantitative estimate of drug-likeness (QED) is 0.675. The number of nitrogens with one attached hydrogen (secondary N) is 1. The minimum absolute atomic E-state index is 0.252. The van der Waals surface area contributed by atoms with Gasteiger partial charge in [0, 0.05) is 6.54 Å². The van der Waals surface area contributed by atoms with Crippen molar-refractivity contribution in [3.63, 3.8) is 0 Å². The Hall–Kier alpha value is -0.760. The van der Waals surface area contributed by atoms with Crippen molar-refractivity contribution in [1.82, 2.24) is 5.32 Å². The average Bonchev–Trinajstić information content (AvgIpc) is 2.69. The monoisotopic (exact) mass is 189 g/mol. The molecule has 2 fully saturated rings. The van der Waals surface area contributed by atoms with Crippen molar-refractivity contribution in [1.29, 1.82) is 0 Å². The predicted molar refractivity (Wildman–Crippen MR) is 52.9 cm³/mol.